The third-order valence-electron chi connectivity index (χ3n) is 5.69. The molecular weight excluding hydrogens is 647 g/mol. The molecule has 1 aliphatic rings. The SMILES string of the molecule is [Br-].[Br-].[Zr+2]=[C](Cc1ccccc1)Cc1ccccc1.[c-]1cccc2c1Cc1ccccc1-2.c1cc[cH-]c1. The van der Waals surface area contributed by atoms with E-state index in [-0.39, 0.29) is 34.0 Å². The molecule has 0 spiro atoms. The average molecular weight is 676 g/mol. The summed E-state index contributed by atoms with van der Waals surface area (Å²) in [6, 6.07) is 49.5. The Hall–Kier alpha value is -2.06. The molecule has 0 saturated carbocycles. The van der Waals surface area contributed by atoms with E-state index >= 15 is 0 Å². The summed E-state index contributed by atoms with van der Waals surface area (Å²) in [5.74, 6) is 0. The number of hydrogen-bond donors (Lipinski definition) is 0. The average Bonchev–Trinajstić information content (AvgIpc) is 3.58. The molecule has 0 aromatic heterocycles. The largest absolute Gasteiger partial charge is 0.214 e. The van der Waals surface area contributed by atoms with Crippen LogP contribution in [0.4, 0.5) is 0 Å². The molecule has 0 bridgehead atoms. The second-order valence-electron chi connectivity index (χ2n) is 8.29. The van der Waals surface area contributed by atoms with Gasteiger partial charge in [-0.2, -0.15) is 48.0 Å². The maximum absolute atomic E-state index is 3.30. The molecular formula is C33H28Br2Zr-2. The zero-order valence-electron chi connectivity index (χ0n) is 20.1. The molecule has 0 N–H and O–H groups in total. The number of benzene rings is 4. The molecule has 0 fully saturated rings. The van der Waals surface area contributed by atoms with Gasteiger partial charge >= 0.3 is 112 Å². The van der Waals surface area contributed by atoms with Gasteiger partial charge in [0, 0.05) is 0 Å². The number of hydrogen-bond acceptors (Lipinski definition) is 0. The van der Waals surface area contributed by atoms with Crippen molar-refractivity contribution in [2.75, 3.05) is 0 Å². The Kier molecular flexibility index (Phi) is 13.9. The van der Waals surface area contributed by atoms with Crippen LogP contribution in [0.3, 0.4) is 0 Å². The first-order valence-electron chi connectivity index (χ1n) is 11.7. The van der Waals surface area contributed by atoms with Gasteiger partial charge in [-0.1, -0.05) is 35.4 Å². The van der Waals surface area contributed by atoms with Crippen LogP contribution in [-0.4, -0.2) is 3.21 Å². The fourth-order valence-electron chi connectivity index (χ4n) is 4.07. The third kappa shape index (κ3) is 9.43. The number of halogens is 2. The monoisotopic (exact) mass is 672 g/mol. The zero-order valence-corrected chi connectivity index (χ0v) is 25.7. The minimum atomic E-state index is 0. The topological polar surface area (TPSA) is 0 Å². The van der Waals surface area contributed by atoms with E-state index in [1.54, 1.807) is 27.4 Å². The van der Waals surface area contributed by atoms with Gasteiger partial charge in [-0.15, -0.1) is 5.56 Å². The van der Waals surface area contributed by atoms with Crippen molar-refractivity contribution < 1.29 is 58.2 Å². The molecule has 0 unspecified atom stereocenters. The second-order valence-corrected chi connectivity index (χ2v) is 10.0. The van der Waals surface area contributed by atoms with Gasteiger partial charge in [0.15, 0.2) is 0 Å². The van der Waals surface area contributed by atoms with Crippen LogP contribution < -0.4 is 34.0 Å². The summed E-state index contributed by atoms with van der Waals surface area (Å²) in [7, 11) is 0. The van der Waals surface area contributed by atoms with Crippen molar-refractivity contribution in [3.8, 4) is 11.1 Å². The third-order valence-corrected chi connectivity index (χ3v) is 6.56. The Bertz CT molecular complexity index is 1180. The fourth-order valence-corrected chi connectivity index (χ4v) is 5.07. The minimum Gasteiger partial charge on any atom is -0.214 e. The molecule has 36 heavy (non-hydrogen) atoms. The smallest absolute Gasteiger partial charge is 0.0253 e. The van der Waals surface area contributed by atoms with Crippen molar-refractivity contribution in [2.24, 2.45) is 0 Å². The molecule has 6 rings (SSSR count). The Morgan fingerprint density at radius 1 is 0.639 bits per heavy atom. The molecule has 0 amide bonds. The normalized spacial score (nSPS) is 10.1. The van der Waals surface area contributed by atoms with Gasteiger partial charge in [0.1, 0.15) is 0 Å². The van der Waals surface area contributed by atoms with E-state index in [2.05, 4.69) is 103 Å². The quantitative estimate of drug-likeness (QED) is 0.250. The van der Waals surface area contributed by atoms with Crippen LogP contribution in [0.15, 0.2) is 133 Å². The van der Waals surface area contributed by atoms with E-state index in [0.29, 0.717) is 0 Å². The summed E-state index contributed by atoms with van der Waals surface area (Å²) in [6.45, 7) is 0. The summed E-state index contributed by atoms with van der Waals surface area (Å²) >= 11 is 1.55. The molecule has 5 aromatic rings. The van der Waals surface area contributed by atoms with Crippen molar-refractivity contribution in [1.82, 2.24) is 0 Å². The molecule has 0 saturated heterocycles. The van der Waals surface area contributed by atoms with E-state index in [1.165, 1.54) is 33.4 Å². The molecule has 0 radical (unpaired) electrons. The molecule has 0 atom stereocenters. The van der Waals surface area contributed by atoms with E-state index in [1.807, 2.05) is 36.4 Å². The van der Waals surface area contributed by atoms with Crippen LogP contribution in [0, 0.1) is 6.07 Å². The van der Waals surface area contributed by atoms with E-state index < -0.39 is 0 Å². The predicted molar refractivity (Wildman–Crippen MR) is 141 cm³/mol. The summed E-state index contributed by atoms with van der Waals surface area (Å²) in [5.41, 5.74) is 8.35. The van der Waals surface area contributed by atoms with Gasteiger partial charge < -0.3 is 34.0 Å². The maximum atomic E-state index is 3.30. The molecule has 3 heteroatoms. The Morgan fingerprint density at radius 2 is 1.17 bits per heavy atom. The first-order valence-corrected chi connectivity index (χ1v) is 12.9. The van der Waals surface area contributed by atoms with Crippen LogP contribution in [0.25, 0.3) is 11.1 Å². The first kappa shape index (κ1) is 30.2. The van der Waals surface area contributed by atoms with Crippen molar-refractivity contribution in [3.63, 3.8) is 0 Å². The van der Waals surface area contributed by atoms with Gasteiger partial charge in [0.25, 0.3) is 0 Å². The first-order chi connectivity index (χ1) is 16.8. The minimum absolute atomic E-state index is 0. The molecule has 0 heterocycles. The van der Waals surface area contributed by atoms with Crippen LogP contribution in [0.2, 0.25) is 0 Å². The van der Waals surface area contributed by atoms with Crippen molar-refractivity contribution in [3.05, 3.63) is 162 Å². The summed E-state index contributed by atoms with van der Waals surface area (Å²) < 4.78 is 1.60. The van der Waals surface area contributed by atoms with Gasteiger partial charge in [0.05, 0.1) is 0 Å². The van der Waals surface area contributed by atoms with Crippen LogP contribution >= 0.6 is 0 Å². The number of fused-ring (bicyclic) bond motifs is 3. The Balaban J connectivity index is 0.000000205. The van der Waals surface area contributed by atoms with Gasteiger partial charge in [0.2, 0.25) is 0 Å². The van der Waals surface area contributed by atoms with Crippen LogP contribution in [-0.2, 0) is 43.5 Å². The molecule has 1 aliphatic carbocycles. The molecule has 0 aliphatic heterocycles. The van der Waals surface area contributed by atoms with Crippen LogP contribution in [0.1, 0.15) is 22.3 Å². The van der Waals surface area contributed by atoms with Gasteiger partial charge in [-0.25, -0.2) is 12.1 Å². The van der Waals surface area contributed by atoms with E-state index in [9.17, 15) is 0 Å². The van der Waals surface area contributed by atoms with E-state index in [4.69, 9.17) is 0 Å². The Morgan fingerprint density at radius 3 is 1.72 bits per heavy atom. The molecule has 5 aromatic carbocycles. The molecule has 0 nitrogen and oxygen atoms in total. The second kappa shape index (κ2) is 16.6. The predicted octanol–water partition coefficient (Wildman–Crippen LogP) is 1.66. The molecule has 180 valence electrons. The van der Waals surface area contributed by atoms with Crippen molar-refractivity contribution in [1.29, 1.82) is 0 Å². The number of rotatable bonds is 4. The maximum Gasteiger partial charge on any atom is -0.0253 e. The van der Waals surface area contributed by atoms with E-state index in [0.717, 1.165) is 19.3 Å². The van der Waals surface area contributed by atoms with Gasteiger partial charge in [-0.05, 0) is 6.42 Å². The summed E-state index contributed by atoms with van der Waals surface area (Å²) in [5, 5.41) is 0. The van der Waals surface area contributed by atoms with Crippen molar-refractivity contribution in [2.45, 2.75) is 19.3 Å². The van der Waals surface area contributed by atoms with Crippen molar-refractivity contribution >= 4 is 3.21 Å². The fraction of sp³-hybridized carbons (Fsp3) is 0.0909. The standard InChI is InChI=1S/C15H14.C13H9.C5H5.2BrH.Zr/c1-3-8-14(9-4-1)12-7-13-15-10-5-2-6-11-15;1-3-7-12-10(5-1)9-11-6-2-4-8-13(11)12;1-2-4-5-3-1;;;/h1-6,8-11H,12-13H2;1-5,7-8H,9H2;1-5H;2*1H;/q;2*-1;;;+2/p-2. The summed E-state index contributed by atoms with van der Waals surface area (Å²) in [4.78, 5) is 0. The van der Waals surface area contributed by atoms with Gasteiger partial charge in [-0.3, -0.25) is 0 Å². The Labute approximate surface area is 251 Å². The zero-order chi connectivity index (χ0) is 23.4. The summed E-state index contributed by atoms with van der Waals surface area (Å²) in [6.07, 6.45) is 3.29. The van der Waals surface area contributed by atoms with Crippen LogP contribution in [0.5, 0.6) is 0 Å².